The summed E-state index contributed by atoms with van der Waals surface area (Å²) in [5, 5.41) is 6.50. The van der Waals surface area contributed by atoms with Crippen LogP contribution in [-0.2, 0) is 19.5 Å². The van der Waals surface area contributed by atoms with Crippen LogP contribution in [0.15, 0.2) is 45.6 Å². The van der Waals surface area contributed by atoms with E-state index in [4.69, 9.17) is 16.6 Å². The number of fused-ring (bicyclic) bond motifs is 1. The first kappa shape index (κ1) is 15.0. The number of pyridine rings is 1. The van der Waals surface area contributed by atoms with E-state index in [9.17, 15) is 4.79 Å². The molecule has 7 heteroatoms. The van der Waals surface area contributed by atoms with Gasteiger partial charge in [0.1, 0.15) is 5.56 Å². The molecule has 0 unspecified atom stereocenters. The van der Waals surface area contributed by atoms with Crippen LogP contribution in [-0.4, -0.2) is 26.6 Å². The molecule has 122 valence electrons. The number of H-pyrrole nitrogens is 2. The van der Waals surface area contributed by atoms with Crippen LogP contribution in [0.25, 0.3) is 11.5 Å². The fourth-order valence-corrected chi connectivity index (χ4v) is 3.17. The van der Waals surface area contributed by atoms with Gasteiger partial charge in [0.05, 0.1) is 0 Å². The summed E-state index contributed by atoms with van der Waals surface area (Å²) in [5.74, 6) is 0.226. The van der Waals surface area contributed by atoms with Crippen LogP contribution in [0, 0.1) is 4.84 Å². The molecule has 6 nitrogen and oxygen atoms in total. The molecule has 4 rings (SSSR count). The van der Waals surface area contributed by atoms with Gasteiger partial charge in [-0.05, 0) is 29.4 Å². The Kier molecular flexibility index (Phi) is 3.87. The average Bonchev–Trinajstić information content (AvgIpc) is 3.02. The molecule has 0 amide bonds. The molecule has 1 aliphatic rings. The van der Waals surface area contributed by atoms with Crippen molar-refractivity contribution in [3.8, 4) is 11.5 Å². The highest BCUT2D eigenvalue weighted by Gasteiger charge is 2.20. The van der Waals surface area contributed by atoms with Gasteiger partial charge in [-0.2, -0.15) is 0 Å². The van der Waals surface area contributed by atoms with Crippen molar-refractivity contribution in [2.75, 3.05) is 6.54 Å². The molecule has 0 saturated heterocycles. The van der Waals surface area contributed by atoms with Gasteiger partial charge in [0.25, 0.3) is 16.3 Å². The number of hydrogen-bond donors (Lipinski definition) is 2. The molecule has 0 atom stereocenters. The average molecular weight is 340 g/mol. The Bertz CT molecular complexity index is 974. The Balaban J connectivity index is 1.63. The zero-order valence-corrected chi connectivity index (χ0v) is 13.7. The summed E-state index contributed by atoms with van der Waals surface area (Å²) in [6, 6.07) is 12.2. The summed E-state index contributed by atoms with van der Waals surface area (Å²) in [7, 11) is 0. The topological polar surface area (TPSA) is 77.9 Å². The van der Waals surface area contributed by atoms with Crippen molar-refractivity contribution in [2.24, 2.45) is 0 Å². The highest BCUT2D eigenvalue weighted by molar-refractivity contribution is 7.71. The van der Waals surface area contributed by atoms with Crippen molar-refractivity contribution < 1.29 is 4.42 Å². The smallest absolute Gasteiger partial charge is 0.284 e. The van der Waals surface area contributed by atoms with E-state index in [0.29, 0.717) is 5.56 Å². The lowest BCUT2D eigenvalue weighted by Gasteiger charge is -2.28. The maximum absolute atomic E-state index is 12.3. The summed E-state index contributed by atoms with van der Waals surface area (Å²) < 4.78 is 5.28. The van der Waals surface area contributed by atoms with Crippen molar-refractivity contribution in [2.45, 2.75) is 19.5 Å². The number of nitrogens with one attached hydrogen (secondary N) is 2. The quantitative estimate of drug-likeness (QED) is 0.717. The van der Waals surface area contributed by atoms with Crippen LogP contribution in [0.4, 0.5) is 0 Å². The minimum atomic E-state index is -0.199. The third-order valence-electron chi connectivity index (χ3n) is 4.20. The normalized spacial score (nSPS) is 14.5. The monoisotopic (exact) mass is 340 g/mol. The van der Waals surface area contributed by atoms with E-state index in [0.717, 1.165) is 37.3 Å². The van der Waals surface area contributed by atoms with Crippen molar-refractivity contribution in [3.05, 3.63) is 68.4 Å². The van der Waals surface area contributed by atoms with Gasteiger partial charge in [0, 0.05) is 31.7 Å². The van der Waals surface area contributed by atoms with Gasteiger partial charge in [0.2, 0.25) is 0 Å². The second-order valence-electron chi connectivity index (χ2n) is 5.88. The Hall–Kier alpha value is -2.51. The molecule has 0 fully saturated rings. The van der Waals surface area contributed by atoms with Gasteiger partial charge in [-0.1, -0.05) is 30.3 Å². The van der Waals surface area contributed by atoms with Gasteiger partial charge >= 0.3 is 0 Å². The van der Waals surface area contributed by atoms with Gasteiger partial charge in [0.15, 0.2) is 0 Å². The number of benzene rings is 1. The van der Waals surface area contributed by atoms with Crippen LogP contribution >= 0.6 is 12.2 Å². The van der Waals surface area contributed by atoms with E-state index >= 15 is 0 Å². The Morgan fingerprint density at radius 1 is 1.29 bits per heavy atom. The predicted molar refractivity (Wildman–Crippen MR) is 92.0 cm³/mol. The SMILES string of the molecule is O=c1[nH]c2c(cc1-c1n[nH]c(=S)o1)CN(Cc1ccccc1)CC2. The van der Waals surface area contributed by atoms with E-state index < -0.39 is 0 Å². The number of aromatic amines is 2. The van der Waals surface area contributed by atoms with Crippen molar-refractivity contribution in [3.63, 3.8) is 0 Å². The van der Waals surface area contributed by atoms with Crippen LogP contribution in [0.1, 0.15) is 16.8 Å². The van der Waals surface area contributed by atoms with E-state index in [1.807, 2.05) is 24.3 Å². The fraction of sp³-hybridized carbons (Fsp3) is 0.235. The molecule has 0 aliphatic carbocycles. The van der Waals surface area contributed by atoms with E-state index in [-0.39, 0.29) is 16.3 Å². The van der Waals surface area contributed by atoms with Gasteiger partial charge in [-0.3, -0.25) is 9.69 Å². The molecule has 3 aromatic rings. The fourth-order valence-electron chi connectivity index (χ4n) is 3.05. The third-order valence-corrected chi connectivity index (χ3v) is 4.38. The predicted octanol–water partition coefficient (Wildman–Crippen LogP) is 2.65. The van der Waals surface area contributed by atoms with E-state index in [1.54, 1.807) is 0 Å². The molecule has 2 N–H and O–H groups in total. The maximum atomic E-state index is 12.3. The summed E-state index contributed by atoms with van der Waals surface area (Å²) in [5.41, 5.74) is 3.57. The zero-order valence-electron chi connectivity index (χ0n) is 12.9. The van der Waals surface area contributed by atoms with Crippen LogP contribution < -0.4 is 5.56 Å². The molecule has 24 heavy (non-hydrogen) atoms. The molecule has 0 bridgehead atoms. The second kappa shape index (κ2) is 6.18. The lowest BCUT2D eigenvalue weighted by Crippen LogP contribution is -2.32. The first-order valence-electron chi connectivity index (χ1n) is 7.76. The molecule has 1 aliphatic heterocycles. The maximum Gasteiger partial charge on any atom is 0.284 e. The van der Waals surface area contributed by atoms with Crippen molar-refractivity contribution in [1.82, 2.24) is 20.1 Å². The molecule has 0 radical (unpaired) electrons. The third kappa shape index (κ3) is 2.95. The first-order chi connectivity index (χ1) is 11.7. The molecule has 0 spiro atoms. The lowest BCUT2D eigenvalue weighted by atomic mass is 10.0. The zero-order chi connectivity index (χ0) is 16.5. The molecular weight excluding hydrogens is 324 g/mol. The molecule has 3 heterocycles. The van der Waals surface area contributed by atoms with Gasteiger partial charge < -0.3 is 9.40 Å². The van der Waals surface area contributed by atoms with Crippen LogP contribution in [0.5, 0.6) is 0 Å². The Morgan fingerprint density at radius 2 is 2.12 bits per heavy atom. The minimum absolute atomic E-state index is 0.160. The lowest BCUT2D eigenvalue weighted by molar-refractivity contribution is 0.243. The summed E-state index contributed by atoms with van der Waals surface area (Å²) in [6.45, 7) is 2.58. The Labute approximate surface area is 143 Å². The number of aromatic nitrogens is 3. The van der Waals surface area contributed by atoms with Gasteiger partial charge in [-0.25, -0.2) is 5.10 Å². The van der Waals surface area contributed by atoms with Crippen LogP contribution in [0.3, 0.4) is 0 Å². The molecule has 0 saturated carbocycles. The summed E-state index contributed by atoms with van der Waals surface area (Å²) >= 11 is 4.88. The summed E-state index contributed by atoms with van der Waals surface area (Å²) in [4.78, 5) is 17.7. The first-order valence-corrected chi connectivity index (χ1v) is 8.17. The standard InChI is InChI=1S/C17H16N4O2S/c22-15-13(16-19-20-17(24)23-16)8-12-10-21(7-6-14(12)18-15)9-11-4-2-1-3-5-11/h1-5,8H,6-7,9-10H2,(H,18,22)(H,20,24). The molecule has 2 aromatic heterocycles. The number of rotatable bonds is 3. The minimum Gasteiger partial charge on any atom is -0.409 e. The van der Waals surface area contributed by atoms with Crippen molar-refractivity contribution >= 4 is 12.2 Å². The number of hydrogen-bond acceptors (Lipinski definition) is 5. The summed E-state index contributed by atoms with van der Waals surface area (Å²) in [6.07, 6.45) is 0.821. The second-order valence-corrected chi connectivity index (χ2v) is 6.25. The van der Waals surface area contributed by atoms with E-state index in [2.05, 4.69) is 32.2 Å². The largest absolute Gasteiger partial charge is 0.409 e. The van der Waals surface area contributed by atoms with E-state index in [1.165, 1.54) is 5.56 Å². The molecule has 1 aromatic carbocycles. The Morgan fingerprint density at radius 3 is 2.88 bits per heavy atom. The number of nitrogens with zero attached hydrogens (tertiary/aromatic N) is 2. The van der Waals surface area contributed by atoms with Crippen molar-refractivity contribution in [1.29, 1.82) is 0 Å². The highest BCUT2D eigenvalue weighted by Crippen LogP contribution is 2.22. The molecular formula is C17H16N4O2S. The van der Waals surface area contributed by atoms with Crippen LogP contribution in [0.2, 0.25) is 0 Å². The van der Waals surface area contributed by atoms with Gasteiger partial charge in [-0.15, -0.1) is 5.10 Å². The highest BCUT2D eigenvalue weighted by atomic mass is 32.1.